The molecule has 0 saturated carbocycles. The summed E-state index contributed by atoms with van der Waals surface area (Å²) in [6.07, 6.45) is 3.41. The van der Waals surface area contributed by atoms with Crippen LogP contribution >= 0.6 is 0 Å². The summed E-state index contributed by atoms with van der Waals surface area (Å²) in [5, 5.41) is 11.3. The van der Waals surface area contributed by atoms with Crippen LogP contribution in [0.1, 0.15) is 18.5 Å². The average molecular weight is 180 g/mol. The topological polar surface area (TPSA) is 62.2 Å². The molecule has 0 aliphatic heterocycles. The molecule has 0 amide bonds. The molecule has 1 aromatic heterocycles. The fraction of sp³-hybridized carbons (Fsp3) is 0.333. The van der Waals surface area contributed by atoms with Crippen LogP contribution in [0.2, 0.25) is 0 Å². The minimum Gasteiger partial charge on any atom is -0.480 e. The number of hydrogen-bond acceptors (Lipinski definition) is 3. The van der Waals surface area contributed by atoms with Gasteiger partial charge in [-0.2, -0.15) is 0 Å². The van der Waals surface area contributed by atoms with Crippen LogP contribution in [0.5, 0.6) is 0 Å². The maximum Gasteiger partial charge on any atom is 0.317 e. The Morgan fingerprint density at radius 3 is 3.08 bits per heavy atom. The molecule has 1 rings (SSSR count). The summed E-state index contributed by atoms with van der Waals surface area (Å²) in [6, 6.07) is 3.76. The van der Waals surface area contributed by atoms with Crippen molar-refractivity contribution < 1.29 is 9.90 Å². The Bertz CT molecular complexity index is 274. The third-order valence-electron chi connectivity index (χ3n) is 1.74. The number of aromatic nitrogens is 1. The molecule has 2 N–H and O–H groups in total. The summed E-state index contributed by atoms with van der Waals surface area (Å²) in [5.41, 5.74) is 0.990. The third kappa shape index (κ3) is 3.21. The molecule has 0 aromatic carbocycles. The van der Waals surface area contributed by atoms with Crippen LogP contribution < -0.4 is 5.32 Å². The molecule has 0 aliphatic rings. The van der Waals surface area contributed by atoms with E-state index in [1.54, 1.807) is 12.4 Å². The zero-order chi connectivity index (χ0) is 9.68. The second-order valence-corrected chi connectivity index (χ2v) is 2.78. The second-order valence-electron chi connectivity index (χ2n) is 2.78. The third-order valence-corrected chi connectivity index (χ3v) is 1.74. The first-order chi connectivity index (χ1) is 6.20. The van der Waals surface area contributed by atoms with Gasteiger partial charge in [0.25, 0.3) is 0 Å². The van der Waals surface area contributed by atoms with Gasteiger partial charge in [-0.1, -0.05) is 6.07 Å². The quantitative estimate of drug-likeness (QED) is 0.720. The lowest BCUT2D eigenvalue weighted by Crippen LogP contribution is -2.25. The molecule has 0 aliphatic carbocycles. The Hall–Kier alpha value is -1.42. The largest absolute Gasteiger partial charge is 0.480 e. The van der Waals surface area contributed by atoms with Crippen LogP contribution in [0.4, 0.5) is 0 Å². The maximum atomic E-state index is 10.3. The molecule has 13 heavy (non-hydrogen) atoms. The molecule has 0 saturated heterocycles. The molecule has 0 radical (unpaired) electrons. The Kier molecular flexibility index (Phi) is 3.40. The molecule has 4 heteroatoms. The molecule has 1 heterocycles. The molecule has 1 atom stereocenters. The summed E-state index contributed by atoms with van der Waals surface area (Å²) in [7, 11) is 0. The summed E-state index contributed by atoms with van der Waals surface area (Å²) >= 11 is 0. The first-order valence-electron chi connectivity index (χ1n) is 4.05. The number of carbonyl (C=O) groups is 1. The van der Waals surface area contributed by atoms with Crippen molar-refractivity contribution >= 4 is 5.97 Å². The lowest BCUT2D eigenvalue weighted by atomic mass is 10.1. The smallest absolute Gasteiger partial charge is 0.317 e. The summed E-state index contributed by atoms with van der Waals surface area (Å²) in [5.74, 6) is -0.851. The van der Waals surface area contributed by atoms with E-state index in [4.69, 9.17) is 5.11 Å². The first-order valence-corrected chi connectivity index (χ1v) is 4.05. The number of hydrogen-bond donors (Lipinski definition) is 2. The highest BCUT2D eigenvalue weighted by molar-refractivity contribution is 5.69. The number of nitrogens with zero attached hydrogens (tertiary/aromatic N) is 1. The highest BCUT2D eigenvalue weighted by Crippen LogP contribution is 2.08. The monoisotopic (exact) mass is 180 g/mol. The van der Waals surface area contributed by atoms with Gasteiger partial charge >= 0.3 is 5.97 Å². The predicted octanol–water partition coefficient (Wildman–Crippen LogP) is 0.817. The Labute approximate surface area is 76.6 Å². The summed E-state index contributed by atoms with van der Waals surface area (Å²) in [4.78, 5) is 14.2. The highest BCUT2D eigenvalue weighted by Gasteiger charge is 2.05. The van der Waals surface area contributed by atoms with E-state index in [1.165, 1.54) is 0 Å². The highest BCUT2D eigenvalue weighted by atomic mass is 16.4. The van der Waals surface area contributed by atoms with Crippen molar-refractivity contribution in [1.82, 2.24) is 10.3 Å². The standard InChI is InChI=1S/C9H12N2O2/c1-7(11-6-9(12)13)8-3-2-4-10-5-8/h2-5,7,11H,6H2,1H3,(H,12,13)/t7-/m1/s1. The fourth-order valence-electron chi connectivity index (χ4n) is 0.990. The van der Waals surface area contributed by atoms with Crippen molar-refractivity contribution in [3.05, 3.63) is 30.1 Å². The van der Waals surface area contributed by atoms with E-state index in [0.717, 1.165) is 5.56 Å². The fourth-order valence-corrected chi connectivity index (χ4v) is 0.990. The molecule has 0 bridgehead atoms. The van der Waals surface area contributed by atoms with Crippen molar-refractivity contribution in [2.75, 3.05) is 6.54 Å². The van der Waals surface area contributed by atoms with Gasteiger partial charge in [0.05, 0.1) is 6.54 Å². The van der Waals surface area contributed by atoms with Gasteiger partial charge in [0, 0.05) is 18.4 Å². The minimum absolute atomic E-state index is 0.0183. The van der Waals surface area contributed by atoms with Crippen LogP contribution in [-0.4, -0.2) is 22.6 Å². The maximum absolute atomic E-state index is 10.3. The van der Waals surface area contributed by atoms with Gasteiger partial charge in [-0.3, -0.25) is 9.78 Å². The number of pyridine rings is 1. The van der Waals surface area contributed by atoms with Crippen LogP contribution in [0, 0.1) is 0 Å². The zero-order valence-corrected chi connectivity index (χ0v) is 7.40. The van der Waals surface area contributed by atoms with E-state index in [0.29, 0.717) is 0 Å². The van der Waals surface area contributed by atoms with E-state index in [9.17, 15) is 4.79 Å². The first kappa shape index (κ1) is 9.67. The van der Waals surface area contributed by atoms with Gasteiger partial charge in [0.15, 0.2) is 0 Å². The zero-order valence-electron chi connectivity index (χ0n) is 7.40. The summed E-state index contributed by atoms with van der Waals surface area (Å²) < 4.78 is 0. The lowest BCUT2D eigenvalue weighted by Gasteiger charge is -2.11. The molecule has 70 valence electrons. The predicted molar refractivity (Wildman–Crippen MR) is 48.3 cm³/mol. The number of aliphatic carboxylic acids is 1. The van der Waals surface area contributed by atoms with Crippen LogP contribution in [0.15, 0.2) is 24.5 Å². The Balaban J connectivity index is 2.49. The van der Waals surface area contributed by atoms with E-state index < -0.39 is 5.97 Å². The average Bonchev–Trinajstić information content (AvgIpc) is 2.15. The van der Waals surface area contributed by atoms with Gasteiger partial charge < -0.3 is 10.4 Å². The molecule has 0 fully saturated rings. The molecular weight excluding hydrogens is 168 g/mol. The van der Waals surface area contributed by atoms with Gasteiger partial charge in [-0.15, -0.1) is 0 Å². The van der Waals surface area contributed by atoms with Gasteiger partial charge in [0.1, 0.15) is 0 Å². The van der Waals surface area contributed by atoms with Gasteiger partial charge in [-0.25, -0.2) is 0 Å². The van der Waals surface area contributed by atoms with Crippen molar-refractivity contribution in [3.8, 4) is 0 Å². The SMILES string of the molecule is C[C@@H](NCC(=O)O)c1cccnc1. The molecule has 0 spiro atoms. The van der Waals surface area contributed by atoms with Crippen LogP contribution in [-0.2, 0) is 4.79 Å². The number of rotatable bonds is 4. The second kappa shape index (κ2) is 4.57. The number of carboxylic acids is 1. The lowest BCUT2D eigenvalue weighted by molar-refractivity contribution is -0.136. The van der Waals surface area contributed by atoms with E-state index in [2.05, 4.69) is 10.3 Å². The van der Waals surface area contributed by atoms with E-state index >= 15 is 0 Å². The Morgan fingerprint density at radius 2 is 2.54 bits per heavy atom. The number of carboxylic acid groups (broad SMARTS) is 1. The van der Waals surface area contributed by atoms with Crippen LogP contribution in [0.25, 0.3) is 0 Å². The van der Waals surface area contributed by atoms with E-state index in [1.807, 2.05) is 19.1 Å². The van der Waals surface area contributed by atoms with Crippen molar-refractivity contribution in [3.63, 3.8) is 0 Å². The number of nitrogens with one attached hydrogen (secondary N) is 1. The molecular formula is C9H12N2O2. The van der Waals surface area contributed by atoms with E-state index in [-0.39, 0.29) is 12.6 Å². The molecule has 1 aromatic rings. The van der Waals surface area contributed by atoms with Crippen molar-refractivity contribution in [1.29, 1.82) is 0 Å². The van der Waals surface area contributed by atoms with Gasteiger partial charge in [-0.05, 0) is 18.6 Å². The van der Waals surface area contributed by atoms with Crippen LogP contribution in [0.3, 0.4) is 0 Å². The molecule has 0 unspecified atom stereocenters. The molecule has 4 nitrogen and oxygen atoms in total. The van der Waals surface area contributed by atoms with Crippen molar-refractivity contribution in [2.24, 2.45) is 0 Å². The van der Waals surface area contributed by atoms with Gasteiger partial charge in [0.2, 0.25) is 0 Å². The minimum atomic E-state index is -0.851. The Morgan fingerprint density at radius 1 is 1.77 bits per heavy atom. The van der Waals surface area contributed by atoms with Crippen molar-refractivity contribution in [2.45, 2.75) is 13.0 Å². The normalized spacial score (nSPS) is 12.4. The summed E-state index contributed by atoms with van der Waals surface area (Å²) in [6.45, 7) is 1.87.